The number of piperidine rings is 1. The van der Waals surface area contributed by atoms with E-state index in [9.17, 15) is 9.90 Å². The summed E-state index contributed by atoms with van der Waals surface area (Å²) < 4.78 is 6.42. The van der Waals surface area contributed by atoms with Crippen LogP contribution in [0.5, 0.6) is 11.5 Å². The summed E-state index contributed by atoms with van der Waals surface area (Å²) in [5, 5.41) is 13.4. The Hall–Kier alpha value is -1.66. The topological polar surface area (TPSA) is 61.8 Å². The zero-order valence-corrected chi connectivity index (χ0v) is 18.1. The standard InChI is InChI=1S/C21H21Cl3N2O3/c1-26-8-6-21(7-9-26)11-15(12-4-2-3-5-16(12)29-21)25-20(28)17-18(24)13(22)10-14(23)19(17)27/h2-5,10,15,27H,6-9,11H2,1H3,(H,25,28). The molecule has 2 heterocycles. The molecule has 2 aliphatic rings. The first-order chi connectivity index (χ1) is 13.8. The van der Waals surface area contributed by atoms with Crippen molar-refractivity contribution in [1.82, 2.24) is 10.2 Å². The van der Waals surface area contributed by atoms with Gasteiger partial charge in [0.1, 0.15) is 22.7 Å². The number of hydrogen-bond donors (Lipinski definition) is 2. The molecule has 29 heavy (non-hydrogen) atoms. The van der Waals surface area contributed by atoms with Crippen LogP contribution in [0.3, 0.4) is 0 Å². The van der Waals surface area contributed by atoms with Gasteiger partial charge in [-0.3, -0.25) is 4.79 Å². The molecule has 154 valence electrons. The third-order valence-electron chi connectivity index (χ3n) is 5.77. The predicted octanol–water partition coefficient (Wildman–Crippen LogP) is 5.07. The predicted molar refractivity (Wildman–Crippen MR) is 114 cm³/mol. The zero-order chi connectivity index (χ0) is 20.8. The molecule has 1 fully saturated rings. The number of aromatic hydroxyl groups is 1. The second kappa shape index (κ2) is 7.88. The minimum absolute atomic E-state index is 0.0243. The molecule has 4 rings (SSSR count). The van der Waals surface area contributed by atoms with Crippen LogP contribution >= 0.6 is 34.8 Å². The van der Waals surface area contributed by atoms with Gasteiger partial charge in [0.15, 0.2) is 0 Å². The van der Waals surface area contributed by atoms with Crippen molar-refractivity contribution in [1.29, 1.82) is 0 Å². The highest BCUT2D eigenvalue weighted by Gasteiger charge is 2.43. The number of nitrogens with zero attached hydrogens (tertiary/aromatic N) is 1. The van der Waals surface area contributed by atoms with E-state index >= 15 is 0 Å². The maximum absolute atomic E-state index is 13.1. The average molecular weight is 456 g/mol. The molecule has 1 amide bonds. The van der Waals surface area contributed by atoms with Crippen molar-refractivity contribution in [3.8, 4) is 11.5 Å². The molecule has 1 spiro atoms. The minimum Gasteiger partial charge on any atom is -0.505 e. The number of para-hydroxylation sites is 1. The molecular formula is C21H21Cl3N2O3. The SMILES string of the molecule is CN1CCC2(CC1)CC(NC(=O)c1c(O)c(Cl)cc(Cl)c1Cl)c1ccccc1O2. The Morgan fingerprint density at radius 1 is 1.21 bits per heavy atom. The van der Waals surface area contributed by atoms with Crippen LogP contribution in [0.4, 0.5) is 0 Å². The lowest BCUT2D eigenvalue weighted by Gasteiger charge is -2.46. The van der Waals surface area contributed by atoms with Crippen molar-refractivity contribution in [2.24, 2.45) is 0 Å². The lowest BCUT2D eigenvalue weighted by Crippen LogP contribution is -2.51. The van der Waals surface area contributed by atoms with Gasteiger partial charge >= 0.3 is 0 Å². The summed E-state index contributed by atoms with van der Waals surface area (Å²) in [7, 11) is 2.09. The first kappa shape index (κ1) is 20.6. The Morgan fingerprint density at radius 2 is 1.90 bits per heavy atom. The second-order valence-corrected chi connectivity index (χ2v) is 8.93. The largest absolute Gasteiger partial charge is 0.505 e. The first-order valence-electron chi connectivity index (χ1n) is 9.43. The van der Waals surface area contributed by atoms with E-state index in [1.165, 1.54) is 6.07 Å². The number of phenolic OH excluding ortho intramolecular Hbond substituents is 1. The first-order valence-corrected chi connectivity index (χ1v) is 10.6. The highest BCUT2D eigenvalue weighted by molar-refractivity contribution is 6.45. The summed E-state index contributed by atoms with van der Waals surface area (Å²) in [6.45, 7) is 1.86. The summed E-state index contributed by atoms with van der Waals surface area (Å²) in [4.78, 5) is 15.3. The van der Waals surface area contributed by atoms with Crippen molar-refractivity contribution >= 4 is 40.7 Å². The summed E-state index contributed by atoms with van der Waals surface area (Å²) in [5.41, 5.74) is 0.441. The number of rotatable bonds is 2. The Morgan fingerprint density at radius 3 is 2.62 bits per heavy atom. The van der Waals surface area contributed by atoms with Gasteiger partial charge in [0, 0.05) is 25.1 Å². The van der Waals surface area contributed by atoms with Crippen LogP contribution in [0.25, 0.3) is 0 Å². The monoisotopic (exact) mass is 454 g/mol. The molecule has 0 radical (unpaired) electrons. The normalized spacial score (nSPS) is 20.8. The maximum Gasteiger partial charge on any atom is 0.257 e. The Kier molecular flexibility index (Phi) is 5.60. The average Bonchev–Trinajstić information content (AvgIpc) is 2.69. The van der Waals surface area contributed by atoms with Crippen LogP contribution in [0.2, 0.25) is 15.1 Å². The Balaban J connectivity index is 1.67. The Labute approximate surface area is 184 Å². The van der Waals surface area contributed by atoms with Crippen LogP contribution in [0, 0.1) is 0 Å². The number of nitrogens with one attached hydrogen (secondary N) is 1. The van der Waals surface area contributed by atoms with E-state index < -0.39 is 5.91 Å². The fourth-order valence-corrected chi connectivity index (χ4v) is 4.80. The zero-order valence-electron chi connectivity index (χ0n) is 15.8. The molecule has 2 aromatic rings. The third kappa shape index (κ3) is 3.89. The number of hydrogen-bond acceptors (Lipinski definition) is 4. The number of halogens is 3. The number of benzene rings is 2. The van der Waals surface area contributed by atoms with Gasteiger partial charge in [-0.25, -0.2) is 0 Å². The molecule has 1 unspecified atom stereocenters. The maximum atomic E-state index is 13.1. The number of carbonyl (C=O) groups is 1. The molecule has 8 heteroatoms. The summed E-state index contributed by atoms with van der Waals surface area (Å²) >= 11 is 18.2. The van der Waals surface area contributed by atoms with Crippen LogP contribution < -0.4 is 10.1 Å². The van der Waals surface area contributed by atoms with Crippen LogP contribution in [-0.4, -0.2) is 41.7 Å². The van der Waals surface area contributed by atoms with E-state index in [1.807, 2.05) is 24.3 Å². The van der Waals surface area contributed by atoms with Crippen molar-refractivity contribution in [3.63, 3.8) is 0 Å². The summed E-state index contributed by atoms with van der Waals surface area (Å²) in [6.07, 6.45) is 2.38. The highest BCUT2D eigenvalue weighted by atomic mass is 35.5. The molecule has 0 aromatic heterocycles. The minimum atomic E-state index is -0.526. The smallest absolute Gasteiger partial charge is 0.257 e. The van der Waals surface area contributed by atoms with E-state index in [-0.39, 0.29) is 38.0 Å². The van der Waals surface area contributed by atoms with Gasteiger partial charge in [-0.15, -0.1) is 0 Å². The van der Waals surface area contributed by atoms with Gasteiger partial charge in [-0.05, 0) is 32.0 Å². The Bertz CT molecular complexity index is 932. The molecule has 0 bridgehead atoms. The number of amides is 1. The van der Waals surface area contributed by atoms with E-state index in [0.717, 1.165) is 37.2 Å². The molecule has 0 saturated carbocycles. The van der Waals surface area contributed by atoms with Gasteiger partial charge in [0.05, 0.1) is 21.1 Å². The lowest BCUT2D eigenvalue weighted by atomic mass is 9.80. The number of carbonyl (C=O) groups excluding carboxylic acids is 1. The quantitative estimate of drug-likeness (QED) is 0.621. The van der Waals surface area contributed by atoms with Crippen LogP contribution in [-0.2, 0) is 0 Å². The molecule has 1 atom stereocenters. The van der Waals surface area contributed by atoms with Crippen molar-refractivity contribution in [2.45, 2.75) is 30.9 Å². The highest BCUT2D eigenvalue weighted by Crippen LogP contribution is 2.45. The third-order valence-corrected chi connectivity index (χ3v) is 6.85. The van der Waals surface area contributed by atoms with Crippen LogP contribution in [0.15, 0.2) is 30.3 Å². The van der Waals surface area contributed by atoms with E-state index in [2.05, 4.69) is 17.3 Å². The fourth-order valence-electron chi connectivity index (χ4n) is 4.10. The number of likely N-dealkylation sites (tertiary alicyclic amines) is 1. The van der Waals surface area contributed by atoms with Crippen molar-refractivity contribution in [2.75, 3.05) is 20.1 Å². The van der Waals surface area contributed by atoms with E-state index in [1.54, 1.807) is 0 Å². The van der Waals surface area contributed by atoms with E-state index in [0.29, 0.717) is 6.42 Å². The fraction of sp³-hybridized carbons (Fsp3) is 0.381. The molecule has 1 saturated heterocycles. The summed E-state index contributed by atoms with van der Waals surface area (Å²) in [5.74, 6) is -0.136. The second-order valence-electron chi connectivity index (χ2n) is 7.73. The lowest BCUT2D eigenvalue weighted by molar-refractivity contribution is -0.0195. The van der Waals surface area contributed by atoms with Crippen molar-refractivity contribution < 1.29 is 14.6 Å². The number of fused-ring (bicyclic) bond motifs is 1. The molecule has 2 N–H and O–H groups in total. The molecule has 2 aromatic carbocycles. The molecular weight excluding hydrogens is 435 g/mol. The van der Waals surface area contributed by atoms with Gasteiger partial charge in [-0.1, -0.05) is 53.0 Å². The van der Waals surface area contributed by atoms with Crippen molar-refractivity contribution in [3.05, 3.63) is 56.5 Å². The van der Waals surface area contributed by atoms with Crippen LogP contribution in [0.1, 0.15) is 41.2 Å². The van der Waals surface area contributed by atoms with Gasteiger partial charge < -0.3 is 20.1 Å². The molecule has 0 aliphatic carbocycles. The number of ether oxygens (including phenoxy) is 1. The van der Waals surface area contributed by atoms with Gasteiger partial charge in [0.2, 0.25) is 0 Å². The van der Waals surface area contributed by atoms with Gasteiger partial charge in [-0.2, -0.15) is 0 Å². The molecule has 5 nitrogen and oxygen atoms in total. The molecule has 2 aliphatic heterocycles. The number of phenols is 1. The van der Waals surface area contributed by atoms with E-state index in [4.69, 9.17) is 39.5 Å². The summed E-state index contributed by atoms with van der Waals surface area (Å²) in [6, 6.07) is 8.72. The van der Waals surface area contributed by atoms with Gasteiger partial charge in [0.25, 0.3) is 5.91 Å².